The Balaban J connectivity index is 2.63. The average Bonchev–Trinajstić information content (AvgIpc) is 2.68. The largest absolute Gasteiger partial charge is 0.462 e. The number of aryl methyl sites for hydroxylation is 1. The Morgan fingerprint density at radius 3 is 3.06 bits per heavy atom. The number of ether oxygens (including phenoxy) is 1. The number of hydrogen-bond acceptors (Lipinski definition) is 3. The summed E-state index contributed by atoms with van der Waals surface area (Å²) in [5, 5.41) is 4.14. The third kappa shape index (κ3) is 1.79. The van der Waals surface area contributed by atoms with Gasteiger partial charge in [-0.2, -0.15) is 5.10 Å². The highest BCUT2D eigenvalue weighted by molar-refractivity contribution is 14.1. The minimum atomic E-state index is -0.317. The number of carbonyl (C=O) groups is 1. The van der Waals surface area contributed by atoms with Crippen LogP contribution in [0, 0.1) is 10.5 Å². The zero-order valence-electron chi connectivity index (χ0n) is 9.03. The van der Waals surface area contributed by atoms with Crippen LogP contribution in [0.15, 0.2) is 18.5 Å². The summed E-state index contributed by atoms with van der Waals surface area (Å²) in [4.78, 5) is 11.7. The highest BCUT2D eigenvalue weighted by Crippen LogP contribution is 2.20. The number of rotatable bonds is 2. The predicted molar refractivity (Wildman–Crippen MR) is 68.6 cm³/mol. The van der Waals surface area contributed by atoms with Crippen molar-refractivity contribution in [2.45, 2.75) is 13.8 Å². The lowest BCUT2D eigenvalue weighted by molar-refractivity contribution is 0.0528. The quantitative estimate of drug-likeness (QED) is 0.627. The van der Waals surface area contributed by atoms with Crippen LogP contribution in [0.2, 0.25) is 0 Å². The number of pyridine rings is 1. The molecule has 0 aliphatic carbocycles. The molecule has 0 atom stereocenters. The summed E-state index contributed by atoms with van der Waals surface area (Å²) in [6.07, 6.45) is 3.39. The van der Waals surface area contributed by atoms with E-state index >= 15 is 0 Å². The van der Waals surface area contributed by atoms with Crippen molar-refractivity contribution in [2.75, 3.05) is 6.61 Å². The van der Waals surface area contributed by atoms with E-state index in [0.29, 0.717) is 12.2 Å². The Morgan fingerprint density at radius 2 is 2.38 bits per heavy atom. The van der Waals surface area contributed by atoms with Gasteiger partial charge in [-0.3, -0.25) is 0 Å². The SMILES string of the molecule is CCOC(=O)c1cnn2ccc(I)c(C)c12. The Hall–Kier alpha value is -1.11. The van der Waals surface area contributed by atoms with Crippen molar-refractivity contribution in [3.63, 3.8) is 0 Å². The van der Waals surface area contributed by atoms with E-state index in [9.17, 15) is 4.79 Å². The summed E-state index contributed by atoms with van der Waals surface area (Å²) in [6, 6.07) is 1.96. The summed E-state index contributed by atoms with van der Waals surface area (Å²) in [5.74, 6) is -0.317. The molecule has 0 spiro atoms. The van der Waals surface area contributed by atoms with E-state index in [2.05, 4.69) is 27.7 Å². The highest BCUT2D eigenvalue weighted by Gasteiger charge is 2.16. The van der Waals surface area contributed by atoms with E-state index < -0.39 is 0 Å². The van der Waals surface area contributed by atoms with Gasteiger partial charge >= 0.3 is 5.97 Å². The molecule has 0 fully saturated rings. The molecule has 16 heavy (non-hydrogen) atoms. The van der Waals surface area contributed by atoms with Crippen molar-refractivity contribution in [2.24, 2.45) is 0 Å². The highest BCUT2D eigenvalue weighted by atomic mass is 127. The molecule has 2 heterocycles. The van der Waals surface area contributed by atoms with Crippen LogP contribution in [0.25, 0.3) is 5.52 Å². The molecule has 0 amide bonds. The van der Waals surface area contributed by atoms with Crippen LogP contribution in [-0.4, -0.2) is 22.2 Å². The Morgan fingerprint density at radius 1 is 1.62 bits per heavy atom. The van der Waals surface area contributed by atoms with Gasteiger partial charge in [-0.1, -0.05) is 0 Å². The molecule has 2 rings (SSSR count). The maximum absolute atomic E-state index is 11.7. The fourth-order valence-corrected chi connectivity index (χ4v) is 2.00. The average molecular weight is 330 g/mol. The predicted octanol–water partition coefficient (Wildman–Crippen LogP) is 2.42. The van der Waals surface area contributed by atoms with Gasteiger partial charge in [0.05, 0.1) is 18.3 Å². The summed E-state index contributed by atoms with van der Waals surface area (Å²) in [7, 11) is 0. The number of esters is 1. The maximum Gasteiger partial charge on any atom is 0.341 e. The van der Waals surface area contributed by atoms with E-state index in [4.69, 9.17) is 4.74 Å². The number of hydrogen-bond donors (Lipinski definition) is 0. The van der Waals surface area contributed by atoms with Gasteiger partial charge in [0.1, 0.15) is 5.56 Å². The molecule has 0 aliphatic rings. The normalized spacial score (nSPS) is 10.7. The molecule has 2 aromatic rings. The minimum absolute atomic E-state index is 0.317. The monoisotopic (exact) mass is 330 g/mol. The first-order valence-electron chi connectivity index (χ1n) is 4.94. The van der Waals surface area contributed by atoms with Crippen LogP contribution in [0.1, 0.15) is 22.8 Å². The van der Waals surface area contributed by atoms with E-state index in [1.54, 1.807) is 17.6 Å². The summed E-state index contributed by atoms with van der Waals surface area (Å²) in [5.41, 5.74) is 2.40. The van der Waals surface area contributed by atoms with Gasteiger partial charge in [0.15, 0.2) is 0 Å². The molecule has 0 radical (unpaired) electrons. The number of carbonyl (C=O) groups excluding carboxylic acids is 1. The molecule has 0 bridgehead atoms. The Labute approximate surface area is 107 Å². The van der Waals surface area contributed by atoms with Gasteiger partial charge < -0.3 is 4.74 Å². The van der Waals surface area contributed by atoms with Crippen molar-refractivity contribution < 1.29 is 9.53 Å². The van der Waals surface area contributed by atoms with Gasteiger partial charge in [0.2, 0.25) is 0 Å². The zero-order valence-corrected chi connectivity index (χ0v) is 11.2. The van der Waals surface area contributed by atoms with Crippen LogP contribution in [-0.2, 0) is 4.74 Å². The molecular weight excluding hydrogens is 319 g/mol. The molecule has 5 heteroatoms. The first-order chi connectivity index (χ1) is 7.65. The molecule has 84 valence electrons. The van der Waals surface area contributed by atoms with Crippen LogP contribution in [0.5, 0.6) is 0 Å². The number of aromatic nitrogens is 2. The first kappa shape index (κ1) is 11.4. The van der Waals surface area contributed by atoms with Crippen molar-refractivity contribution in [1.82, 2.24) is 9.61 Å². The molecular formula is C11H11IN2O2. The summed E-state index contributed by atoms with van der Waals surface area (Å²) >= 11 is 2.24. The topological polar surface area (TPSA) is 43.6 Å². The third-order valence-corrected chi connectivity index (χ3v) is 3.53. The fraction of sp³-hybridized carbons (Fsp3) is 0.273. The minimum Gasteiger partial charge on any atom is -0.462 e. The second kappa shape index (κ2) is 4.40. The van der Waals surface area contributed by atoms with Gasteiger partial charge in [-0.25, -0.2) is 9.31 Å². The van der Waals surface area contributed by atoms with E-state index in [-0.39, 0.29) is 5.97 Å². The molecule has 0 aromatic carbocycles. The molecule has 0 unspecified atom stereocenters. The smallest absolute Gasteiger partial charge is 0.341 e. The van der Waals surface area contributed by atoms with E-state index in [1.807, 2.05) is 19.2 Å². The van der Waals surface area contributed by atoms with Gasteiger partial charge in [-0.05, 0) is 48.1 Å². The van der Waals surface area contributed by atoms with Crippen molar-refractivity contribution >= 4 is 34.1 Å². The molecule has 4 nitrogen and oxygen atoms in total. The Bertz CT molecular complexity index is 548. The maximum atomic E-state index is 11.7. The molecule has 0 aliphatic heterocycles. The van der Waals surface area contributed by atoms with Crippen molar-refractivity contribution in [3.8, 4) is 0 Å². The molecule has 0 saturated carbocycles. The van der Waals surface area contributed by atoms with Crippen LogP contribution in [0.3, 0.4) is 0 Å². The lowest BCUT2D eigenvalue weighted by Gasteiger charge is -2.04. The number of fused-ring (bicyclic) bond motifs is 1. The van der Waals surface area contributed by atoms with Crippen LogP contribution in [0.4, 0.5) is 0 Å². The van der Waals surface area contributed by atoms with Crippen molar-refractivity contribution in [1.29, 1.82) is 0 Å². The fourth-order valence-electron chi connectivity index (χ4n) is 1.58. The van der Waals surface area contributed by atoms with Gasteiger partial charge in [-0.15, -0.1) is 0 Å². The molecule has 0 N–H and O–H groups in total. The second-order valence-electron chi connectivity index (χ2n) is 3.36. The summed E-state index contributed by atoms with van der Waals surface area (Å²) in [6.45, 7) is 4.14. The van der Waals surface area contributed by atoms with Crippen molar-refractivity contribution in [3.05, 3.63) is 33.2 Å². The second-order valence-corrected chi connectivity index (χ2v) is 4.52. The van der Waals surface area contributed by atoms with E-state index in [1.165, 1.54) is 0 Å². The lowest BCUT2D eigenvalue weighted by Crippen LogP contribution is -2.05. The van der Waals surface area contributed by atoms with Gasteiger partial charge in [0.25, 0.3) is 0 Å². The molecule has 2 aromatic heterocycles. The summed E-state index contributed by atoms with van der Waals surface area (Å²) < 4.78 is 7.80. The standard InChI is InChI=1S/C11H11IN2O2/c1-3-16-11(15)8-6-13-14-5-4-9(12)7(2)10(8)14/h4-6H,3H2,1-2H3. The van der Waals surface area contributed by atoms with Crippen LogP contribution < -0.4 is 0 Å². The lowest BCUT2D eigenvalue weighted by atomic mass is 10.2. The van der Waals surface area contributed by atoms with Gasteiger partial charge in [0, 0.05) is 9.77 Å². The number of halogens is 1. The van der Waals surface area contributed by atoms with E-state index in [0.717, 1.165) is 14.7 Å². The van der Waals surface area contributed by atoms with Crippen LogP contribution >= 0.6 is 22.6 Å². The third-order valence-electron chi connectivity index (χ3n) is 2.37. The molecule has 0 saturated heterocycles. The zero-order chi connectivity index (χ0) is 11.7. The Kier molecular flexibility index (Phi) is 3.13. The first-order valence-corrected chi connectivity index (χ1v) is 6.02. The number of nitrogens with zero attached hydrogens (tertiary/aromatic N) is 2.